The van der Waals surface area contributed by atoms with E-state index in [-0.39, 0.29) is 0 Å². The van der Waals surface area contributed by atoms with Crippen LogP contribution < -0.4 is 18.3 Å². The average Bonchev–Trinajstić information content (AvgIpc) is 4.13. The maximum absolute atomic E-state index is 5.62. The standard InChI is InChI=1S/C48H57N12/c1-9-53-25-26-54(10-2)45(53)41-33-17-19-35(49-33)42(46-55(11-3)27-28-56(46)12-4)37-21-23-39(51-37)44(48-59(15-7)31-32-60(48)16-8)40-24-22-38(52-40)43(36-20-18-34(41)50-36)47-57(13-5)29-30-58(47)14-6/h17-32H,9-16H2,1-8H3,(H,49,50,51,52)/q+3/p+1. The molecule has 12 heteroatoms. The van der Waals surface area contributed by atoms with Crippen LogP contribution in [0.1, 0.15) is 78.2 Å². The monoisotopic (exact) mass is 802 g/mol. The minimum Gasteiger partial charge on any atom is -0.354 e. The fourth-order valence-corrected chi connectivity index (χ4v) is 9.21. The number of H-pyrrole nitrogens is 2. The van der Waals surface area contributed by atoms with Crippen molar-refractivity contribution in [3.8, 4) is 45.6 Å². The molecule has 306 valence electrons. The van der Waals surface area contributed by atoms with Gasteiger partial charge in [0.25, 0.3) is 23.3 Å². The molecule has 0 spiro atoms. The Hall–Kier alpha value is -6.56. The Labute approximate surface area is 351 Å². The fraction of sp³-hybridized carbons (Fsp3) is 0.333. The highest BCUT2D eigenvalue weighted by Crippen LogP contribution is 2.37. The highest BCUT2D eigenvalue weighted by molar-refractivity contribution is 5.97. The summed E-state index contributed by atoms with van der Waals surface area (Å²) in [4.78, 5) is 19.2. The van der Waals surface area contributed by atoms with Crippen molar-refractivity contribution in [2.24, 2.45) is 0 Å². The average molecular weight is 803 g/mol. The van der Waals surface area contributed by atoms with Gasteiger partial charge in [0.2, 0.25) is 0 Å². The first-order chi connectivity index (χ1) is 29.4. The topological polar surface area (TPSA) is 92.6 Å². The first-order valence-corrected chi connectivity index (χ1v) is 21.9. The molecular weight excluding hydrogens is 745 g/mol. The van der Waals surface area contributed by atoms with E-state index in [2.05, 4.69) is 200 Å². The molecule has 8 bridgehead atoms. The van der Waals surface area contributed by atoms with Crippen LogP contribution in [0.3, 0.4) is 0 Å². The summed E-state index contributed by atoms with van der Waals surface area (Å²) in [5.74, 6) is 4.45. The van der Waals surface area contributed by atoms with Gasteiger partial charge in [-0.3, -0.25) is 0 Å². The van der Waals surface area contributed by atoms with Gasteiger partial charge in [-0.05, 0) is 104 Å². The van der Waals surface area contributed by atoms with E-state index in [1.54, 1.807) is 0 Å². The predicted molar refractivity (Wildman–Crippen MR) is 239 cm³/mol. The second-order valence-corrected chi connectivity index (χ2v) is 15.3. The zero-order valence-electron chi connectivity index (χ0n) is 36.4. The third-order valence-corrected chi connectivity index (χ3v) is 12.3. The van der Waals surface area contributed by atoms with Crippen LogP contribution in [0.25, 0.3) is 91.9 Å². The quantitative estimate of drug-likeness (QED) is 0.123. The van der Waals surface area contributed by atoms with E-state index in [0.717, 1.165) is 143 Å². The first-order valence-electron chi connectivity index (χ1n) is 21.9. The van der Waals surface area contributed by atoms with Crippen LogP contribution in [0.5, 0.6) is 0 Å². The van der Waals surface area contributed by atoms with Crippen LogP contribution in [0.2, 0.25) is 0 Å². The zero-order chi connectivity index (χ0) is 41.7. The Balaban J connectivity index is 1.54. The molecule has 0 radical (unpaired) electrons. The van der Waals surface area contributed by atoms with Crippen LogP contribution in [0, 0.1) is 0 Å². The Bertz CT molecular complexity index is 2750. The van der Waals surface area contributed by atoms with Crippen molar-refractivity contribution in [2.75, 3.05) is 0 Å². The number of hydrogen-bond donors (Lipinski definition) is 2. The van der Waals surface area contributed by atoms with Gasteiger partial charge < -0.3 is 9.97 Å². The molecule has 12 nitrogen and oxygen atoms in total. The maximum Gasteiger partial charge on any atom is 0.293 e. The number of aryl methyl sites for hydroxylation is 8. The van der Waals surface area contributed by atoms with Crippen LogP contribution in [-0.4, -0.2) is 38.2 Å². The SMILES string of the molecule is CCn1cc[n+](CC)c1-c1c2nc(c(-c3n(CC)cc[n+]3CC)c3ccc([nH]3)c(-c3n(CC)cc[n+]3CC)c3ccc([nH]3)c(-c3n(CC)cc[n+]3CC)c3nc1C=C3)C=C2. The number of nitrogens with one attached hydrogen (secondary N) is 2. The largest absolute Gasteiger partial charge is 0.354 e. The molecular formula is C48H58N12+4. The van der Waals surface area contributed by atoms with Gasteiger partial charge in [-0.2, -0.15) is 0 Å². The summed E-state index contributed by atoms with van der Waals surface area (Å²) in [5.41, 5.74) is 11.9. The van der Waals surface area contributed by atoms with Crippen LogP contribution >= 0.6 is 0 Å². The van der Waals surface area contributed by atoms with Gasteiger partial charge in [-0.15, -0.1) is 0 Å². The van der Waals surface area contributed by atoms with Crippen molar-refractivity contribution in [1.82, 2.24) is 38.2 Å². The Morgan fingerprint density at radius 1 is 0.383 bits per heavy atom. The van der Waals surface area contributed by atoms with Crippen molar-refractivity contribution >= 4 is 46.4 Å². The molecule has 2 aliphatic heterocycles. The zero-order valence-corrected chi connectivity index (χ0v) is 36.4. The van der Waals surface area contributed by atoms with Crippen LogP contribution in [0.4, 0.5) is 0 Å². The first kappa shape index (κ1) is 38.9. The molecule has 7 aromatic rings. The third-order valence-electron chi connectivity index (χ3n) is 12.3. The number of aromatic nitrogens is 12. The van der Waals surface area contributed by atoms with Gasteiger partial charge >= 0.3 is 0 Å². The smallest absolute Gasteiger partial charge is 0.293 e. The minimum absolute atomic E-state index is 0.817. The summed E-state index contributed by atoms with van der Waals surface area (Å²) in [6.45, 7) is 24.3. The van der Waals surface area contributed by atoms with Gasteiger partial charge in [0, 0.05) is 0 Å². The van der Waals surface area contributed by atoms with Gasteiger partial charge in [-0.1, -0.05) is 0 Å². The molecule has 0 atom stereocenters. The molecule has 0 saturated heterocycles. The summed E-state index contributed by atoms with van der Waals surface area (Å²) in [6.07, 6.45) is 26.3. The highest BCUT2D eigenvalue weighted by atomic mass is 15.2. The van der Waals surface area contributed by atoms with E-state index in [0.29, 0.717) is 0 Å². The van der Waals surface area contributed by atoms with Crippen molar-refractivity contribution in [1.29, 1.82) is 0 Å². The molecule has 0 fully saturated rings. The molecule has 2 N–H and O–H groups in total. The predicted octanol–water partition coefficient (Wildman–Crippen LogP) is 7.84. The number of fused-ring (bicyclic) bond motifs is 8. The molecule has 0 aliphatic carbocycles. The van der Waals surface area contributed by atoms with Crippen molar-refractivity contribution < 1.29 is 18.3 Å². The van der Waals surface area contributed by atoms with Crippen molar-refractivity contribution in [3.05, 3.63) is 96.6 Å². The summed E-state index contributed by atoms with van der Waals surface area (Å²) in [5, 5.41) is 0. The van der Waals surface area contributed by atoms with Crippen LogP contribution in [-0.2, 0) is 52.4 Å². The van der Waals surface area contributed by atoms with Gasteiger partial charge in [-0.25, -0.2) is 46.5 Å². The second kappa shape index (κ2) is 15.9. The van der Waals surface area contributed by atoms with E-state index in [4.69, 9.17) is 9.97 Å². The molecule has 2 aliphatic rings. The Kier molecular flexibility index (Phi) is 10.3. The second-order valence-electron chi connectivity index (χ2n) is 15.3. The molecule has 0 saturated carbocycles. The van der Waals surface area contributed by atoms with Gasteiger partial charge in [0.05, 0.1) is 97.2 Å². The number of rotatable bonds is 12. The normalized spacial score (nSPS) is 12.4. The van der Waals surface area contributed by atoms with E-state index in [1.165, 1.54) is 0 Å². The molecule has 9 heterocycles. The van der Waals surface area contributed by atoms with E-state index < -0.39 is 0 Å². The number of imidazole rings is 4. The molecule has 0 unspecified atom stereocenters. The molecule has 9 rings (SSSR count). The molecule has 60 heavy (non-hydrogen) atoms. The lowest BCUT2D eigenvalue weighted by Crippen LogP contribution is -2.34. The van der Waals surface area contributed by atoms with Crippen LogP contribution in [0.15, 0.2) is 73.8 Å². The lowest BCUT2D eigenvalue weighted by Gasteiger charge is -2.07. The summed E-state index contributed by atoms with van der Waals surface area (Å²) >= 11 is 0. The molecule has 0 aromatic carbocycles. The van der Waals surface area contributed by atoms with E-state index >= 15 is 0 Å². The summed E-state index contributed by atoms with van der Waals surface area (Å²) < 4.78 is 18.6. The number of hydrogen-bond acceptors (Lipinski definition) is 2. The van der Waals surface area contributed by atoms with Gasteiger partial charge in [0.1, 0.15) is 71.8 Å². The molecule has 7 aromatic heterocycles. The lowest BCUT2D eigenvalue weighted by atomic mass is 10.1. The number of aromatic amines is 2. The maximum atomic E-state index is 5.62. The summed E-state index contributed by atoms with van der Waals surface area (Å²) in [7, 11) is 0. The van der Waals surface area contributed by atoms with Crippen molar-refractivity contribution in [2.45, 2.75) is 108 Å². The van der Waals surface area contributed by atoms with E-state index in [1.807, 2.05) is 0 Å². The van der Waals surface area contributed by atoms with Crippen molar-refractivity contribution in [3.63, 3.8) is 0 Å². The lowest BCUT2D eigenvalue weighted by molar-refractivity contribution is -0.682. The number of nitrogens with zero attached hydrogens (tertiary/aromatic N) is 10. The Morgan fingerprint density at radius 2 is 0.650 bits per heavy atom. The highest BCUT2D eigenvalue weighted by Gasteiger charge is 2.31. The molecule has 0 amide bonds. The van der Waals surface area contributed by atoms with E-state index in [9.17, 15) is 0 Å². The Morgan fingerprint density at radius 3 is 0.950 bits per heavy atom. The van der Waals surface area contributed by atoms with Gasteiger partial charge in [0.15, 0.2) is 0 Å². The summed E-state index contributed by atoms with van der Waals surface area (Å²) in [6, 6.07) is 8.96. The third kappa shape index (κ3) is 6.19. The fourth-order valence-electron chi connectivity index (χ4n) is 9.21. The minimum atomic E-state index is 0.817.